The molecule has 0 N–H and O–H groups in total. The molecule has 2 aromatic carbocycles. The first-order valence-corrected chi connectivity index (χ1v) is 9.09. The standard InChI is InChI=1S/C21H22F3N3O2/c1-14(11-15-7-9-18(28-3)10-8-15)27(2)13-19-25-20(26-29-19)16-5-4-6-17(12-16)21(22,23)24/h4-10,12,14H,11,13H2,1-3H3. The zero-order valence-electron chi connectivity index (χ0n) is 16.4. The van der Waals surface area contributed by atoms with E-state index in [0.29, 0.717) is 12.4 Å². The second kappa shape index (κ2) is 8.65. The molecule has 1 heterocycles. The fourth-order valence-electron chi connectivity index (χ4n) is 2.90. The summed E-state index contributed by atoms with van der Waals surface area (Å²) < 4.78 is 49.1. The van der Waals surface area contributed by atoms with Crippen LogP contribution in [-0.2, 0) is 19.1 Å². The van der Waals surface area contributed by atoms with Crippen molar-refractivity contribution in [2.45, 2.75) is 32.1 Å². The second-order valence-electron chi connectivity index (χ2n) is 6.91. The molecule has 0 aliphatic heterocycles. The van der Waals surface area contributed by atoms with Crippen LogP contribution in [0.4, 0.5) is 13.2 Å². The first-order chi connectivity index (χ1) is 13.8. The highest BCUT2D eigenvalue weighted by Crippen LogP contribution is 2.31. The molecule has 0 saturated carbocycles. The van der Waals surface area contributed by atoms with E-state index in [-0.39, 0.29) is 17.4 Å². The minimum atomic E-state index is -4.42. The predicted octanol–water partition coefficient (Wildman–Crippen LogP) is 4.83. The van der Waals surface area contributed by atoms with Crippen molar-refractivity contribution in [3.8, 4) is 17.1 Å². The third-order valence-electron chi connectivity index (χ3n) is 4.74. The van der Waals surface area contributed by atoms with Crippen LogP contribution in [0, 0.1) is 0 Å². The van der Waals surface area contributed by atoms with Gasteiger partial charge >= 0.3 is 6.18 Å². The van der Waals surface area contributed by atoms with Crippen molar-refractivity contribution in [3.63, 3.8) is 0 Å². The monoisotopic (exact) mass is 405 g/mol. The maximum absolute atomic E-state index is 12.9. The first kappa shape index (κ1) is 20.9. The topological polar surface area (TPSA) is 51.4 Å². The van der Waals surface area contributed by atoms with Crippen molar-refractivity contribution in [3.05, 3.63) is 65.5 Å². The van der Waals surface area contributed by atoms with Crippen molar-refractivity contribution in [2.75, 3.05) is 14.2 Å². The highest BCUT2D eigenvalue weighted by molar-refractivity contribution is 5.55. The van der Waals surface area contributed by atoms with Gasteiger partial charge < -0.3 is 9.26 Å². The van der Waals surface area contributed by atoms with Crippen molar-refractivity contribution >= 4 is 0 Å². The quantitative estimate of drug-likeness (QED) is 0.564. The summed E-state index contributed by atoms with van der Waals surface area (Å²) in [6, 6.07) is 12.9. The normalized spacial score (nSPS) is 12.9. The summed E-state index contributed by atoms with van der Waals surface area (Å²) in [6.45, 7) is 2.47. The van der Waals surface area contributed by atoms with Gasteiger partial charge in [-0.15, -0.1) is 0 Å². The van der Waals surface area contributed by atoms with Crippen molar-refractivity contribution in [1.82, 2.24) is 15.0 Å². The summed E-state index contributed by atoms with van der Waals surface area (Å²) in [5.74, 6) is 1.30. The van der Waals surface area contributed by atoms with E-state index in [4.69, 9.17) is 9.26 Å². The van der Waals surface area contributed by atoms with E-state index < -0.39 is 11.7 Å². The van der Waals surface area contributed by atoms with Gasteiger partial charge in [0.2, 0.25) is 11.7 Å². The van der Waals surface area contributed by atoms with Crippen molar-refractivity contribution < 1.29 is 22.4 Å². The average molecular weight is 405 g/mol. The van der Waals surface area contributed by atoms with Crippen LogP contribution in [0.5, 0.6) is 5.75 Å². The van der Waals surface area contributed by atoms with Crippen LogP contribution < -0.4 is 4.74 Å². The summed E-state index contributed by atoms with van der Waals surface area (Å²) in [4.78, 5) is 6.30. The lowest BCUT2D eigenvalue weighted by atomic mass is 10.1. The van der Waals surface area contributed by atoms with Gasteiger partial charge in [-0.3, -0.25) is 4.90 Å². The third-order valence-corrected chi connectivity index (χ3v) is 4.74. The number of likely N-dealkylation sites (N-methyl/N-ethyl adjacent to an activating group) is 1. The molecule has 29 heavy (non-hydrogen) atoms. The molecule has 1 unspecified atom stereocenters. The summed E-state index contributed by atoms with van der Waals surface area (Å²) in [7, 11) is 3.56. The van der Waals surface area contributed by atoms with Crippen LogP contribution in [-0.4, -0.2) is 35.2 Å². The van der Waals surface area contributed by atoms with Gasteiger partial charge in [0, 0.05) is 11.6 Å². The van der Waals surface area contributed by atoms with Crippen LogP contribution >= 0.6 is 0 Å². The van der Waals surface area contributed by atoms with Gasteiger partial charge in [-0.25, -0.2) is 0 Å². The summed E-state index contributed by atoms with van der Waals surface area (Å²) in [6.07, 6.45) is -3.60. The maximum Gasteiger partial charge on any atom is 0.416 e. The summed E-state index contributed by atoms with van der Waals surface area (Å²) in [5.41, 5.74) is 0.690. The zero-order valence-corrected chi connectivity index (χ0v) is 16.4. The molecule has 3 aromatic rings. The number of hydrogen-bond donors (Lipinski definition) is 0. The highest BCUT2D eigenvalue weighted by Gasteiger charge is 2.30. The third kappa shape index (κ3) is 5.35. The average Bonchev–Trinajstić information content (AvgIpc) is 3.16. The first-order valence-electron chi connectivity index (χ1n) is 9.09. The Morgan fingerprint density at radius 1 is 1.14 bits per heavy atom. The number of aromatic nitrogens is 2. The lowest BCUT2D eigenvalue weighted by Crippen LogP contribution is -2.30. The smallest absolute Gasteiger partial charge is 0.416 e. The molecule has 0 fully saturated rings. The molecular formula is C21H22F3N3O2. The van der Waals surface area contributed by atoms with Crippen LogP contribution in [0.15, 0.2) is 53.1 Å². The fraction of sp³-hybridized carbons (Fsp3) is 0.333. The minimum Gasteiger partial charge on any atom is -0.497 e. The Balaban J connectivity index is 1.64. The zero-order chi connectivity index (χ0) is 21.0. The van der Waals surface area contributed by atoms with E-state index in [0.717, 1.165) is 24.3 Å². The van der Waals surface area contributed by atoms with Gasteiger partial charge in [-0.05, 0) is 50.2 Å². The Bertz CT molecular complexity index is 939. The molecule has 0 radical (unpaired) electrons. The number of hydrogen-bond acceptors (Lipinski definition) is 5. The van der Waals surface area contributed by atoms with Gasteiger partial charge in [0.15, 0.2) is 0 Å². The Labute approximate surface area is 167 Å². The molecule has 1 atom stereocenters. The van der Waals surface area contributed by atoms with E-state index in [2.05, 4.69) is 17.1 Å². The molecule has 0 aliphatic carbocycles. The van der Waals surface area contributed by atoms with E-state index >= 15 is 0 Å². The number of nitrogens with zero attached hydrogens (tertiary/aromatic N) is 3. The Morgan fingerprint density at radius 3 is 2.52 bits per heavy atom. The van der Waals surface area contributed by atoms with Crippen LogP contribution in [0.2, 0.25) is 0 Å². The van der Waals surface area contributed by atoms with Gasteiger partial charge in [-0.2, -0.15) is 18.2 Å². The van der Waals surface area contributed by atoms with Crippen LogP contribution in [0.1, 0.15) is 23.9 Å². The minimum absolute atomic E-state index is 0.141. The van der Waals surface area contributed by atoms with Gasteiger partial charge in [-0.1, -0.05) is 29.4 Å². The largest absolute Gasteiger partial charge is 0.497 e. The highest BCUT2D eigenvalue weighted by atomic mass is 19.4. The summed E-state index contributed by atoms with van der Waals surface area (Å²) >= 11 is 0. The second-order valence-corrected chi connectivity index (χ2v) is 6.91. The number of alkyl halides is 3. The molecule has 0 bridgehead atoms. The lowest BCUT2D eigenvalue weighted by Gasteiger charge is -2.23. The van der Waals surface area contributed by atoms with Gasteiger partial charge in [0.05, 0.1) is 19.2 Å². The van der Waals surface area contributed by atoms with Gasteiger partial charge in [0.25, 0.3) is 0 Å². The number of benzene rings is 2. The Morgan fingerprint density at radius 2 is 1.86 bits per heavy atom. The molecule has 8 heteroatoms. The number of ether oxygens (including phenoxy) is 1. The molecule has 0 amide bonds. The van der Waals surface area contributed by atoms with Crippen LogP contribution in [0.25, 0.3) is 11.4 Å². The number of methoxy groups -OCH3 is 1. The summed E-state index contributed by atoms with van der Waals surface area (Å²) in [5, 5.41) is 3.83. The van der Waals surface area contributed by atoms with E-state index in [1.165, 1.54) is 17.7 Å². The fourth-order valence-corrected chi connectivity index (χ4v) is 2.90. The van der Waals surface area contributed by atoms with Crippen LogP contribution in [0.3, 0.4) is 0 Å². The van der Waals surface area contributed by atoms with E-state index in [1.807, 2.05) is 36.2 Å². The maximum atomic E-state index is 12.9. The SMILES string of the molecule is COc1ccc(CC(C)N(C)Cc2nc(-c3cccc(C(F)(F)F)c3)no2)cc1. The van der Waals surface area contributed by atoms with Crippen molar-refractivity contribution in [2.24, 2.45) is 0 Å². The molecule has 0 spiro atoms. The molecule has 5 nitrogen and oxygen atoms in total. The molecule has 0 aliphatic rings. The molecule has 154 valence electrons. The van der Waals surface area contributed by atoms with E-state index in [1.54, 1.807) is 7.11 Å². The number of rotatable bonds is 7. The molecular weight excluding hydrogens is 383 g/mol. The molecule has 3 rings (SSSR count). The predicted molar refractivity (Wildman–Crippen MR) is 102 cm³/mol. The van der Waals surface area contributed by atoms with Crippen molar-refractivity contribution in [1.29, 1.82) is 0 Å². The Hall–Kier alpha value is -2.87. The number of halogens is 3. The molecule has 0 saturated heterocycles. The lowest BCUT2D eigenvalue weighted by molar-refractivity contribution is -0.137. The molecule has 1 aromatic heterocycles. The van der Waals surface area contributed by atoms with Gasteiger partial charge in [0.1, 0.15) is 5.75 Å². The van der Waals surface area contributed by atoms with E-state index in [9.17, 15) is 13.2 Å². The Kier molecular flexibility index (Phi) is 6.22.